The van der Waals surface area contributed by atoms with Crippen LogP contribution in [0.2, 0.25) is 0 Å². The van der Waals surface area contributed by atoms with Crippen LogP contribution in [0.25, 0.3) is 0 Å². The minimum Gasteiger partial charge on any atom is -0.495 e. The number of aryl methyl sites for hydroxylation is 2. The van der Waals surface area contributed by atoms with Crippen LogP contribution in [-0.2, 0) is 4.79 Å². The second-order valence-corrected chi connectivity index (χ2v) is 8.81. The molecule has 0 fully saturated rings. The Labute approximate surface area is 172 Å². The van der Waals surface area contributed by atoms with Gasteiger partial charge in [-0.3, -0.25) is 4.79 Å². The number of ether oxygens (including phenoxy) is 1. The van der Waals surface area contributed by atoms with Crippen LogP contribution in [-0.4, -0.2) is 28.5 Å². The van der Waals surface area contributed by atoms with Crippen LogP contribution in [0.15, 0.2) is 46.8 Å². The monoisotopic (exact) mass is 414 g/mol. The fourth-order valence-electron chi connectivity index (χ4n) is 2.44. The number of methoxy groups -OCH3 is 1. The molecule has 3 aromatic rings. The van der Waals surface area contributed by atoms with Gasteiger partial charge in [-0.25, -0.2) is 0 Å². The number of hydrogen-bond acceptors (Lipinski definition) is 7. The lowest BCUT2D eigenvalue weighted by atomic mass is 10.1. The zero-order valence-electron chi connectivity index (χ0n) is 16.1. The van der Waals surface area contributed by atoms with Crippen LogP contribution in [0.5, 0.6) is 5.75 Å². The van der Waals surface area contributed by atoms with Crippen molar-refractivity contribution in [1.82, 2.24) is 10.2 Å². The molecule has 0 unspecified atom stereocenters. The van der Waals surface area contributed by atoms with E-state index in [0.29, 0.717) is 16.6 Å². The summed E-state index contributed by atoms with van der Waals surface area (Å²) in [5.74, 6) is 0.511. The molecule has 28 heavy (non-hydrogen) atoms. The van der Waals surface area contributed by atoms with Crippen molar-refractivity contribution in [2.75, 3.05) is 17.7 Å². The number of carbonyl (C=O) groups excluding carboxylic acids is 1. The molecule has 0 radical (unpaired) electrons. The highest BCUT2D eigenvalue weighted by molar-refractivity contribution is 8.02. The number of hydrogen-bond donors (Lipinski definition) is 2. The second-order valence-electron chi connectivity index (χ2n) is 6.25. The summed E-state index contributed by atoms with van der Waals surface area (Å²) in [6.45, 7) is 5.99. The molecule has 146 valence electrons. The number of amides is 1. The molecule has 6 nitrogen and oxygen atoms in total. The molecule has 3 rings (SSSR count). The predicted molar refractivity (Wildman–Crippen MR) is 116 cm³/mol. The average molecular weight is 415 g/mol. The number of anilines is 3. The first-order chi connectivity index (χ1) is 13.5. The maximum atomic E-state index is 12.5. The third-order valence-corrected chi connectivity index (χ3v) is 6.20. The van der Waals surface area contributed by atoms with Gasteiger partial charge in [0.25, 0.3) is 0 Å². The van der Waals surface area contributed by atoms with Crippen LogP contribution >= 0.6 is 23.1 Å². The molecule has 0 saturated heterocycles. The van der Waals surface area contributed by atoms with E-state index in [-0.39, 0.29) is 11.2 Å². The lowest BCUT2D eigenvalue weighted by molar-refractivity contribution is -0.115. The highest BCUT2D eigenvalue weighted by Crippen LogP contribution is 2.32. The SMILES string of the molecule is COc1ccccc1NC(=O)[C@H](C)Sc1nnc(Nc2ccc(C)c(C)c2)s1. The van der Waals surface area contributed by atoms with E-state index >= 15 is 0 Å². The Morgan fingerprint density at radius 3 is 2.68 bits per heavy atom. The summed E-state index contributed by atoms with van der Waals surface area (Å²) in [6, 6.07) is 13.5. The number of carbonyl (C=O) groups is 1. The maximum absolute atomic E-state index is 12.5. The standard InChI is InChI=1S/C20H22N4O2S2/c1-12-9-10-15(11-13(12)2)21-19-23-24-20(28-19)27-14(3)18(25)22-16-7-5-6-8-17(16)26-4/h5-11,14H,1-4H3,(H,21,23)(H,22,25)/t14-/m0/s1. The second kappa shape index (κ2) is 9.07. The summed E-state index contributed by atoms with van der Waals surface area (Å²) < 4.78 is 6.00. The molecule has 1 aromatic heterocycles. The van der Waals surface area contributed by atoms with Gasteiger partial charge >= 0.3 is 0 Å². The van der Waals surface area contributed by atoms with Crippen molar-refractivity contribution in [2.45, 2.75) is 30.4 Å². The fraction of sp³-hybridized carbons (Fsp3) is 0.250. The van der Waals surface area contributed by atoms with Gasteiger partial charge in [0, 0.05) is 5.69 Å². The van der Waals surface area contributed by atoms with Crippen LogP contribution < -0.4 is 15.4 Å². The summed E-state index contributed by atoms with van der Waals surface area (Å²) in [4.78, 5) is 12.5. The first-order valence-electron chi connectivity index (χ1n) is 8.74. The van der Waals surface area contributed by atoms with E-state index in [2.05, 4.69) is 46.8 Å². The number of benzene rings is 2. The molecule has 0 bridgehead atoms. The van der Waals surface area contributed by atoms with Gasteiger partial charge in [-0.1, -0.05) is 41.3 Å². The van der Waals surface area contributed by atoms with Crippen molar-refractivity contribution in [3.8, 4) is 5.75 Å². The molecule has 2 aromatic carbocycles. The Kier molecular flexibility index (Phi) is 6.53. The number of aromatic nitrogens is 2. The van der Waals surface area contributed by atoms with Gasteiger partial charge in [0.1, 0.15) is 5.75 Å². The summed E-state index contributed by atoms with van der Waals surface area (Å²) in [6.07, 6.45) is 0. The largest absolute Gasteiger partial charge is 0.495 e. The molecule has 1 heterocycles. The molecule has 0 spiro atoms. The van der Waals surface area contributed by atoms with Crippen LogP contribution in [0.3, 0.4) is 0 Å². The van der Waals surface area contributed by atoms with Crippen molar-refractivity contribution >= 4 is 45.5 Å². The summed E-state index contributed by atoms with van der Waals surface area (Å²) >= 11 is 2.80. The van der Waals surface area contributed by atoms with Gasteiger partial charge in [-0.2, -0.15) is 0 Å². The normalized spacial score (nSPS) is 11.7. The highest BCUT2D eigenvalue weighted by Gasteiger charge is 2.18. The Bertz CT molecular complexity index is 974. The molecular weight excluding hydrogens is 392 g/mol. The zero-order valence-corrected chi connectivity index (χ0v) is 17.8. The third-order valence-electron chi connectivity index (χ3n) is 4.18. The molecule has 0 saturated carbocycles. The van der Waals surface area contributed by atoms with E-state index < -0.39 is 0 Å². The van der Waals surface area contributed by atoms with Crippen LogP contribution in [0, 0.1) is 13.8 Å². The van der Waals surface area contributed by atoms with E-state index in [1.54, 1.807) is 7.11 Å². The van der Waals surface area contributed by atoms with Crippen LogP contribution in [0.1, 0.15) is 18.1 Å². The first kappa shape index (κ1) is 20.2. The van der Waals surface area contributed by atoms with Gasteiger partial charge in [-0.05, 0) is 56.2 Å². The molecule has 0 aliphatic heterocycles. The molecule has 2 N–H and O–H groups in total. The highest BCUT2D eigenvalue weighted by atomic mass is 32.2. The molecule has 0 aliphatic rings. The number of para-hydroxylation sites is 2. The maximum Gasteiger partial charge on any atom is 0.237 e. The van der Waals surface area contributed by atoms with Gasteiger partial charge in [0.05, 0.1) is 18.0 Å². The summed E-state index contributed by atoms with van der Waals surface area (Å²) in [5, 5.41) is 14.9. The minimum atomic E-state index is -0.327. The predicted octanol–water partition coefficient (Wildman–Crippen LogP) is 5.03. The van der Waals surface area contributed by atoms with Crippen molar-refractivity contribution in [1.29, 1.82) is 0 Å². The smallest absolute Gasteiger partial charge is 0.237 e. The molecule has 8 heteroatoms. The Balaban J connectivity index is 1.60. The zero-order chi connectivity index (χ0) is 20.1. The van der Waals surface area contributed by atoms with Crippen molar-refractivity contribution in [2.24, 2.45) is 0 Å². The number of nitrogens with zero attached hydrogens (tertiary/aromatic N) is 2. The fourth-order valence-corrected chi connectivity index (χ4v) is 4.35. The topological polar surface area (TPSA) is 76.1 Å². The Morgan fingerprint density at radius 1 is 1.14 bits per heavy atom. The first-order valence-corrected chi connectivity index (χ1v) is 10.4. The van der Waals surface area contributed by atoms with E-state index in [0.717, 1.165) is 10.0 Å². The van der Waals surface area contributed by atoms with Crippen LogP contribution in [0.4, 0.5) is 16.5 Å². The van der Waals surface area contributed by atoms with E-state index in [4.69, 9.17) is 4.74 Å². The van der Waals surface area contributed by atoms with Gasteiger partial charge in [0.2, 0.25) is 11.0 Å². The van der Waals surface area contributed by atoms with Gasteiger partial charge in [0.15, 0.2) is 4.34 Å². The lowest BCUT2D eigenvalue weighted by Gasteiger charge is -2.12. The third kappa shape index (κ3) is 5.02. The lowest BCUT2D eigenvalue weighted by Crippen LogP contribution is -2.22. The van der Waals surface area contributed by atoms with E-state index in [9.17, 15) is 4.79 Å². The number of rotatable bonds is 7. The molecule has 1 amide bonds. The minimum absolute atomic E-state index is 0.117. The number of nitrogens with one attached hydrogen (secondary N) is 2. The van der Waals surface area contributed by atoms with Gasteiger partial charge in [-0.15, -0.1) is 10.2 Å². The van der Waals surface area contributed by atoms with Crippen molar-refractivity contribution in [3.63, 3.8) is 0 Å². The van der Waals surface area contributed by atoms with Crippen molar-refractivity contribution < 1.29 is 9.53 Å². The quantitative estimate of drug-likeness (QED) is 0.528. The van der Waals surface area contributed by atoms with E-state index in [1.807, 2.05) is 37.3 Å². The summed E-state index contributed by atoms with van der Waals surface area (Å²) in [7, 11) is 1.58. The van der Waals surface area contributed by atoms with Crippen molar-refractivity contribution in [3.05, 3.63) is 53.6 Å². The number of thioether (sulfide) groups is 1. The van der Waals surface area contributed by atoms with Gasteiger partial charge < -0.3 is 15.4 Å². The Morgan fingerprint density at radius 2 is 1.93 bits per heavy atom. The molecular formula is C20H22N4O2S2. The Hall–Kier alpha value is -2.58. The summed E-state index contributed by atoms with van der Waals surface area (Å²) in [5.41, 5.74) is 4.08. The molecule has 1 atom stereocenters. The average Bonchev–Trinajstić information content (AvgIpc) is 3.12. The van der Waals surface area contributed by atoms with E-state index in [1.165, 1.54) is 34.2 Å². The molecule has 0 aliphatic carbocycles.